The zero-order valence-electron chi connectivity index (χ0n) is 17.8. The number of pyridine rings is 1. The maximum atomic E-state index is 13.1. The van der Waals surface area contributed by atoms with Crippen molar-refractivity contribution in [3.8, 4) is 11.3 Å². The number of nitrogens with one attached hydrogen (secondary N) is 2. The fourth-order valence-electron chi connectivity index (χ4n) is 3.74. The van der Waals surface area contributed by atoms with E-state index in [0.29, 0.717) is 36.0 Å². The largest absolute Gasteiger partial charge is 0.465 e. The van der Waals surface area contributed by atoms with E-state index in [-0.39, 0.29) is 11.9 Å². The monoisotopic (exact) mass is 458 g/mol. The second-order valence-electron chi connectivity index (χ2n) is 7.91. The van der Waals surface area contributed by atoms with E-state index in [1.807, 2.05) is 23.1 Å². The summed E-state index contributed by atoms with van der Waals surface area (Å²) in [6.45, 7) is 1.07. The topological polar surface area (TPSA) is 120 Å². The molecular formula is C24H19FN6O3. The molecule has 0 saturated carbocycles. The molecule has 1 aliphatic heterocycles. The van der Waals surface area contributed by atoms with E-state index in [4.69, 9.17) is 5.11 Å². The summed E-state index contributed by atoms with van der Waals surface area (Å²) in [5, 5.41) is 15.7. The van der Waals surface area contributed by atoms with Crippen molar-refractivity contribution < 1.29 is 19.1 Å². The number of rotatable bonds is 5. The minimum Gasteiger partial charge on any atom is -0.465 e. The van der Waals surface area contributed by atoms with E-state index >= 15 is 0 Å². The van der Waals surface area contributed by atoms with Crippen LogP contribution in [0.15, 0.2) is 67.1 Å². The number of carbonyl (C=O) groups excluding carboxylic acids is 1. The van der Waals surface area contributed by atoms with Crippen LogP contribution in [0.1, 0.15) is 10.4 Å². The number of nitrogens with zero attached hydrogens (tertiary/aromatic N) is 4. The molecule has 0 atom stereocenters. The third-order valence-corrected chi connectivity index (χ3v) is 5.52. The fourth-order valence-corrected chi connectivity index (χ4v) is 3.74. The van der Waals surface area contributed by atoms with Gasteiger partial charge in [-0.1, -0.05) is 12.1 Å². The second-order valence-corrected chi connectivity index (χ2v) is 7.91. The predicted octanol–water partition coefficient (Wildman–Crippen LogP) is 3.54. The Kier molecular flexibility index (Phi) is 5.46. The molecule has 3 heterocycles. The van der Waals surface area contributed by atoms with Gasteiger partial charge in [-0.2, -0.15) is 0 Å². The molecule has 1 fully saturated rings. The first-order chi connectivity index (χ1) is 16.4. The van der Waals surface area contributed by atoms with Gasteiger partial charge in [0.1, 0.15) is 17.5 Å². The molecule has 34 heavy (non-hydrogen) atoms. The molecule has 170 valence electrons. The van der Waals surface area contributed by atoms with Crippen molar-refractivity contribution in [3.05, 3.63) is 78.5 Å². The number of carboxylic acid groups (broad SMARTS) is 1. The molecule has 0 radical (unpaired) electrons. The van der Waals surface area contributed by atoms with Crippen molar-refractivity contribution in [3.63, 3.8) is 0 Å². The lowest BCUT2D eigenvalue weighted by molar-refractivity contribution is 0.102. The molecule has 0 spiro atoms. The highest BCUT2D eigenvalue weighted by Gasteiger charge is 2.29. The molecule has 3 N–H and O–H groups in total. The molecule has 9 nitrogen and oxygen atoms in total. The highest BCUT2D eigenvalue weighted by molar-refractivity contribution is 6.04. The van der Waals surface area contributed by atoms with E-state index in [9.17, 15) is 14.0 Å². The van der Waals surface area contributed by atoms with E-state index < -0.39 is 11.9 Å². The highest BCUT2D eigenvalue weighted by Crippen LogP contribution is 2.26. The number of fused-ring (bicyclic) bond motifs is 1. The van der Waals surface area contributed by atoms with Crippen LogP contribution in [0.25, 0.3) is 22.0 Å². The van der Waals surface area contributed by atoms with Crippen LogP contribution in [-0.2, 0) is 0 Å². The molecule has 0 aliphatic carbocycles. The zero-order valence-corrected chi connectivity index (χ0v) is 17.8. The van der Waals surface area contributed by atoms with Crippen molar-refractivity contribution in [2.24, 2.45) is 0 Å². The smallest absolute Gasteiger partial charge is 0.405 e. The van der Waals surface area contributed by atoms with Gasteiger partial charge >= 0.3 is 6.09 Å². The van der Waals surface area contributed by atoms with Crippen molar-refractivity contribution in [2.75, 3.05) is 23.3 Å². The van der Waals surface area contributed by atoms with Crippen LogP contribution in [0.5, 0.6) is 0 Å². The second kappa shape index (κ2) is 8.74. The first-order valence-electron chi connectivity index (χ1n) is 10.5. The van der Waals surface area contributed by atoms with Crippen molar-refractivity contribution in [1.29, 1.82) is 0 Å². The van der Waals surface area contributed by atoms with E-state index in [2.05, 4.69) is 25.6 Å². The Balaban J connectivity index is 1.35. The SMILES string of the molecule is O=C(O)NC1CN(c2cncc(-c3ccc4cnc(NC(=O)c5ccc(F)cc5)cc4c3)n2)C1. The molecule has 4 aromatic rings. The lowest BCUT2D eigenvalue weighted by Gasteiger charge is -2.39. The highest BCUT2D eigenvalue weighted by atomic mass is 19.1. The predicted molar refractivity (Wildman–Crippen MR) is 124 cm³/mol. The van der Waals surface area contributed by atoms with E-state index in [1.165, 1.54) is 24.3 Å². The van der Waals surface area contributed by atoms with Crippen LogP contribution in [-0.4, -0.2) is 51.2 Å². The van der Waals surface area contributed by atoms with Crippen LogP contribution in [0.4, 0.5) is 20.8 Å². The Bertz CT molecular complexity index is 1390. The number of anilines is 2. The fraction of sp³-hybridized carbons (Fsp3) is 0.125. The summed E-state index contributed by atoms with van der Waals surface area (Å²) in [5.74, 6) is 0.247. The molecule has 10 heteroatoms. The number of hydrogen-bond donors (Lipinski definition) is 3. The van der Waals surface area contributed by atoms with Gasteiger partial charge in [0.2, 0.25) is 0 Å². The molecule has 0 bridgehead atoms. The number of hydrogen-bond acceptors (Lipinski definition) is 6. The summed E-state index contributed by atoms with van der Waals surface area (Å²) >= 11 is 0. The molecule has 2 amide bonds. The number of carbonyl (C=O) groups is 2. The van der Waals surface area contributed by atoms with Gasteiger partial charge in [0.15, 0.2) is 0 Å². The van der Waals surface area contributed by atoms with Gasteiger partial charge in [-0.25, -0.2) is 19.2 Å². The van der Waals surface area contributed by atoms with Crippen LogP contribution < -0.4 is 15.5 Å². The summed E-state index contributed by atoms with van der Waals surface area (Å²) in [5.41, 5.74) is 1.84. The van der Waals surface area contributed by atoms with Crippen LogP contribution in [0, 0.1) is 5.82 Å². The van der Waals surface area contributed by atoms with E-state index in [0.717, 1.165) is 16.3 Å². The van der Waals surface area contributed by atoms with Gasteiger partial charge < -0.3 is 20.6 Å². The standard InChI is InChI=1S/C24H19FN6O3/c25-18-5-3-14(4-6-18)23(32)30-21-8-17-7-15(1-2-16(17)9-27-21)20-10-26-11-22(29-20)31-12-19(13-31)28-24(33)34/h1-11,19,28H,12-13H2,(H,33,34)(H,27,30,32). The Morgan fingerprint density at radius 2 is 1.79 bits per heavy atom. The summed E-state index contributed by atoms with van der Waals surface area (Å²) in [6.07, 6.45) is 3.94. The Labute approximate surface area is 193 Å². The first-order valence-corrected chi connectivity index (χ1v) is 10.5. The third-order valence-electron chi connectivity index (χ3n) is 5.52. The normalized spacial score (nSPS) is 13.4. The Morgan fingerprint density at radius 3 is 2.56 bits per heavy atom. The van der Waals surface area contributed by atoms with Gasteiger partial charge in [0.25, 0.3) is 5.91 Å². The van der Waals surface area contributed by atoms with Gasteiger partial charge in [-0.3, -0.25) is 9.78 Å². The molecule has 1 aliphatic rings. The molecule has 2 aromatic heterocycles. The summed E-state index contributed by atoms with van der Waals surface area (Å²) < 4.78 is 13.1. The quantitative estimate of drug-likeness (QED) is 0.418. The molecule has 1 saturated heterocycles. The molecular weight excluding hydrogens is 439 g/mol. The lowest BCUT2D eigenvalue weighted by atomic mass is 10.1. The summed E-state index contributed by atoms with van der Waals surface area (Å²) in [6, 6.07) is 12.7. The minimum atomic E-state index is -1.04. The first kappa shape index (κ1) is 21.3. The van der Waals surface area contributed by atoms with Gasteiger partial charge in [0, 0.05) is 35.8 Å². The molecule has 2 aromatic carbocycles. The van der Waals surface area contributed by atoms with Gasteiger partial charge in [-0.15, -0.1) is 0 Å². The summed E-state index contributed by atoms with van der Waals surface area (Å²) in [7, 11) is 0. The number of aromatic nitrogens is 3. The van der Waals surface area contributed by atoms with Crippen LogP contribution in [0.2, 0.25) is 0 Å². The van der Waals surface area contributed by atoms with Crippen molar-refractivity contribution in [1.82, 2.24) is 20.3 Å². The van der Waals surface area contributed by atoms with Gasteiger partial charge in [-0.05, 0) is 41.8 Å². The zero-order chi connectivity index (χ0) is 23.7. The molecule has 5 rings (SSSR count). The lowest BCUT2D eigenvalue weighted by Crippen LogP contribution is -2.59. The number of benzene rings is 2. The Morgan fingerprint density at radius 1 is 1.00 bits per heavy atom. The molecule has 0 unspecified atom stereocenters. The van der Waals surface area contributed by atoms with Gasteiger partial charge in [0.05, 0.1) is 24.1 Å². The maximum Gasteiger partial charge on any atom is 0.405 e. The van der Waals surface area contributed by atoms with Crippen LogP contribution >= 0.6 is 0 Å². The van der Waals surface area contributed by atoms with Crippen LogP contribution in [0.3, 0.4) is 0 Å². The average molecular weight is 458 g/mol. The number of halogens is 1. The number of amides is 2. The van der Waals surface area contributed by atoms with E-state index in [1.54, 1.807) is 24.7 Å². The van der Waals surface area contributed by atoms with Crippen molar-refractivity contribution >= 4 is 34.4 Å². The average Bonchev–Trinajstić information content (AvgIpc) is 2.81. The summed E-state index contributed by atoms with van der Waals surface area (Å²) in [4.78, 5) is 38.4. The maximum absolute atomic E-state index is 13.1. The minimum absolute atomic E-state index is 0.125. The van der Waals surface area contributed by atoms with Crippen molar-refractivity contribution in [2.45, 2.75) is 6.04 Å². The third kappa shape index (κ3) is 4.46. The Hall–Kier alpha value is -4.60.